The zero-order valence-electron chi connectivity index (χ0n) is 41.3. The summed E-state index contributed by atoms with van der Waals surface area (Å²) in [5.74, 6) is -7.65. The monoisotopic (exact) mass is 964 g/mol. The van der Waals surface area contributed by atoms with Gasteiger partial charge in [0.25, 0.3) is 5.91 Å². The largest absolute Gasteiger partial charge is 0.444 e. The number of nitrogens with one attached hydrogen (secondary N) is 3. The molecule has 2 fully saturated rings. The van der Waals surface area contributed by atoms with E-state index in [1.54, 1.807) is 65.2 Å². The first-order chi connectivity index (χ1) is 33.3. The molecule has 0 spiro atoms. The molecular formula is C53H69N7O10. The number of Topliss-reactive ketones (excluding diaryl/α,β-unsaturated/α-hetero) is 4. The van der Waals surface area contributed by atoms with Crippen LogP contribution in [0, 0.1) is 23.7 Å². The Hall–Kier alpha value is -6.65. The van der Waals surface area contributed by atoms with Gasteiger partial charge in [0.15, 0.2) is 11.6 Å². The van der Waals surface area contributed by atoms with E-state index in [1.807, 2.05) is 37.3 Å². The lowest BCUT2D eigenvalue weighted by molar-refractivity contribution is -0.141. The Morgan fingerprint density at radius 3 is 2.10 bits per heavy atom. The minimum Gasteiger partial charge on any atom is -0.444 e. The van der Waals surface area contributed by atoms with Crippen LogP contribution in [0.1, 0.15) is 126 Å². The fourth-order valence-corrected chi connectivity index (χ4v) is 9.21. The van der Waals surface area contributed by atoms with Gasteiger partial charge in [0.1, 0.15) is 23.1 Å². The number of carbonyl (C=O) groups is 9. The van der Waals surface area contributed by atoms with Gasteiger partial charge >= 0.3 is 6.09 Å². The lowest BCUT2D eigenvalue weighted by Crippen LogP contribution is -2.50. The summed E-state index contributed by atoms with van der Waals surface area (Å²) in [7, 11) is 3.12. The second-order valence-corrected chi connectivity index (χ2v) is 19.7. The first kappa shape index (κ1) is 54.3. The second-order valence-electron chi connectivity index (χ2n) is 19.7. The number of benzene rings is 2. The van der Waals surface area contributed by atoms with Gasteiger partial charge in [0, 0.05) is 77.1 Å². The van der Waals surface area contributed by atoms with Crippen molar-refractivity contribution in [3.8, 4) is 0 Å². The van der Waals surface area contributed by atoms with Crippen molar-refractivity contribution in [2.75, 3.05) is 27.2 Å². The van der Waals surface area contributed by atoms with Crippen molar-refractivity contribution in [3.63, 3.8) is 0 Å². The van der Waals surface area contributed by atoms with Crippen LogP contribution in [0.25, 0.3) is 0 Å². The van der Waals surface area contributed by atoms with Crippen LogP contribution in [0.4, 0.5) is 4.79 Å². The molecule has 70 heavy (non-hydrogen) atoms. The van der Waals surface area contributed by atoms with Crippen molar-refractivity contribution in [2.45, 2.75) is 128 Å². The predicted octanol–water partition coefficient (Wildman–Crippen LogP) is 5.56. The van der Waals surface area contributed by atoms with Crippen molar-refractivity contribution in [1.82, 2.24) is 35.7 Å². The van der Waals surface area contributed by atoms with E-state index >= 15 is 0 Å². The van der Waals surface area contributed by atoms with Crippen LogP contribution in [0.5, 0.6) is 0 Å². The summed E-state index contributed by atoms with van der Waals surface area (Å²) in [5, 5.41) is 8.60. The van der Waals surface area contributed by atoms with Crippen molar-refractivity contribution >= 4 is 52.9 Å². The zero-order valence-corrected chi connectivity index (χ0v) is 41.3. The first-order valence-electron chi connectivity index (χ1n) is 24.4. The molecule has 1 aliphatic carbocycles. The van der Waals surface area contributed by atoms with Gasteiger partial charge in [-0.25, -0.2) is 9.78 Å². The molecule has 1 unspecified atom stereocenters. The number of likely N-dealkylation sites (tertiary alicyclic amines) is 1. The lowest BCUT2D eigenvalue weighted by Gasteiger charge is -2.31. The van der Waals surface area contributed by atoms with Crippen LogP contribution in [-0.4, -0.2) is 117 Å². The maximum Gasteiger partial charge on any atom is 0.410 e. The van der Waals surface area contributed by atoms with Gasteiger partial charge in [-0.1, -0.05) is 93.3 Å². The maximum absolute atomic E-state index is 14.7. The van der Waals surface area contributed by atoms with Crippen LogP contribution in [0.2, 0.25) is 0 Å². The summed E-state index contributed by atoms with van der Waals surface area (Å²) < 4.78 is 5.66. The van der Waals surface area contributed by atoms with E-state index in [0.29, 0.717) is 12.0 Å². The summed E-state index contributed by atoms with van der Waals surface area (Å²) in [6.07, 6.45) is 7.05. The molecule has 2 aliphatic rings. The Bertz CT molecular complexity index is 2300. The Morgan fingerprint density at radius 2 is 1.49 bits per heavy atom. The minimum atomic E-state index is -1.04. The molecule has 0 radical (unpaired) electrons. The molecule has 1 saturated carbocycles. The average Bonchev–Trinajstić information content (AvgIpc) is 3.77. The van der Waals surface area contributed by atoms with Gasteiger partial charge in [-0.05, 0) is 63.5 Å². The number of carbonyl (C=O) groups excluding carboxylic acids is 9. The van der Waals surface area contributed by atoms with Crippen LogP contribution < -0.4 is 16.0 Å². The Morgan fingerprint density at radius 1 is 0.814 bits per heavy atom. The normalized spacial score (nSPS) is 17.8. The molecule has 17 heteroatoms. The molecule has 1 saturated heterocycles. The van der Waals surface area contributed by atoms with Gasteiger partial charge in [0.2, 0.25) is 23.5 Å². The van der Waals surface area contributed by atoms with Crippen LogP contribution >= 0.6 is 0 Å². The summed E-state index contributed by atoms with van der Waals surface area (Å²) in [5.41, 5.74) is 0.512. The molecule has 5 rings (SSSR count). The van der Waals surface area contributed by atoms with E-state index in [0.717, 1.165) is 37.7 Å². The molecule has 1 aliphatic heterocycles. The second kappa shape index (κ2) is 25.8. The number of nitrogens with zero attached hydrogens (tertiary/aromatic N) is 4. The van der Waals surface area contributed by atoms with Crippen molar-refractivity contribution in [1.29, 1.82) is 0 Å². The third kappa shape index (κ3) is 16.0. The summed E-state index contributed by atoms with van der Waals surface area (Å²) in [4.78, 5) is 135. The number of hydrogen-bond donors (Lipinski definition) is 3. The highest BCUT2D eigenvalue weighted by atomic mass is 16.6. The van der Waals surface area contributed by atoms with E-state index in [-0.39, 0.29) is 68.5 Å². The summed E-state index contributed by atoms with van der Waals surface area (Å²) >= 11 is 0. The number of ether oxygens (including phenoxy) is 1. The molecule has 376 valence electrons. The third-order valence-electron chi connectivity index (χ3n) is 12.8. The standard InChI is InChI=1S/C53H69N7O10/c1-7-17-37(48(65)42(61)24-25-45(64)57-47(51(68)59(5)6)36-22-15-10-16-23-36)29-43(62)39-32-60(52(69)70-53(2,3)4)33-41(39)56-49(66)38(28-34-18-11-8-12-19-34)30-44(63)46(35-20-13-9-14-21-35)58-50(67)40-31-54-26-27-55-40/h8,10-12,15-16,18-19,22-23,26-27,31,35,37-39,41,46-47H,7,9,13-14,17,20-21,24-25,28-30,32-33H2,1-6H3,(H,56,66)(H,57,64)(H,58,67)/t37-,38?,39-,41+,46+,47+/m1/s1. The maximum atomic E-state index is 14.7. The van der Waals surface area contributed by atoms with Gasteiger partial charge < -0.3 is 30.5 Å². The third-order valence-corrected chi connectivity index (χ3v) is 12.8. The highest BCUT2D eigenvalue weighted by molar-refractivity contribution is 6.38. The van der Waals surface area contributed by atoms with Gasteiger partial charge in [-0.15, -0.1) is 0 Å². The number of amides is 5. The van der Waals surface area contributed by atoms with Crippen molar-refractivity contribution in [3.05, 3.63) is 96.1 Å². The summed E-state index contributed by atoms with van der Waals surface area (Å²) in [6, 6.07) is 15.0. The Balaban J connectivity index is 1.34. The topological polar surface area (TPSA) is 231 Å². The average molecular weight is 964 g/mol. The fraction of sp³-hybridized carbons (Fsp3) is 0.528. The Labute approximate surface area is 410 Å². The van der Waals surface area contributed by atoms with Crippen LogP contribution in [0.15, 0.2) is 79.3 Å². The SMILES string of the molecule is CCC[C@H](CC(=O)[C@@H]1CN(C(=O)OC(C)(C)C)C[C@@H]1NC(=O)C(CC(=O)[C@@H](NC(=O)c1cnccn1)C1CCCCC1)Cc1ccccc1)C(=O)C(=O)CCC(=O)N[C@H](C(=O)N(C)C)c1ccccc1. The molecule has 6 atom stereocenters. The molecule has 3 N–H and O–H groups in total. The molecule has 0 bridgehead atoms. The minimum absolute atomic E-state index is 0.0583. The lowest BCUT2D eigenvalue weighted by atomic mass is 9.79. The molecule has 17 nitrogen and oxygen atoms in total. The van der Waals surface area contributed by atoms with E-state index in [9.17, 15) is 43.2 Å². The van der Waals surface area contributed by atoms with E-state index in [1.165, 1.54) is 28.4 Å². The molecule has 1 aromatic heterocycles. The highest BCUT2D eigenvalue weighted by Crippen LogP contribution is 2.30. The number of ketones is 4. The van der Waals surface area contributed by atoms with E-state index < -0.39 is 89.1 Å². The Kier molecular flexibility index (Phi) is 20.0. The number of hydrogen-bond acceptors (Lipinski definition) is 12. The number of rotatable bonds is 23. The molecule has 2 heterocycles. The fourth-order valence-electron chi connectivity index (χ4n) is 9.21. The van der Waals surface area contributed by atoms with Gasteiger partial charge in [0.05, 0.1) is 24.2 Å². The zero-order chi connectivity index (χ0) is 51.0. The predicted molar refractivity (Wildman–Crippen MR) is 260 cm³/mol. The first-order valence-corrected chi connectivity index (χ1v) is 24.4. The number of likely N-dealkylation sites (N-methyl/N-ethyl adjacent to an activating group) is 1. The smallest absolute Gasteiger partial charge is 0.410 e. The van der Waals surface area contributed by atoms with Gasteiger partial charge in [-0.3, -0.25) is 43.3 Å². The molecular weight excluding hydrogens is 895 g/mol. The highest BCUT2D eigenvalue weighted by Gasteiger charge is 2.44. The van der Waals surface area contributed by atoms with E-state index in [2.05, 4.69) is 25.9 Å². The molecule has 3 aromatic rings. The van der Waals surface area contributed by atoms with Crippen molar-refractivity contribution < 1.29 is 47.9 Å². The molecule has 5 amide bonds. The summed E-state index contributed by atoms with van der Waals surface area (Å²) in [6.45, 7) is 6.67. The van der Waals surface area contributed by atoms with Crippen LogP contribution in [0.3, 0.4) is 0 Å². The van der Waals surface area contributed by atoms with Gasteiger partial charge in [-0.2, -0.15) is 0 Å². The van der Waals surface area contributed by atoms with E-state index in [4.69, 9.17) is 4.74 Å². The van der Waals surface area contributed by atoms with Crippen LogP contribution in [-0.2, 0) is 44.7 Å². The van der Waals surface area contributed by atoms with Crippen molar-refractivity contribution in [2.24, 2.45) is 23.7 Å². The molecule has 2 aromatic carbocycles. The number of aromatic nitrogens is 2. The quantitative estimate of drug-likeness (QED) is 0.0992.